The molecule has 12 heteroatoms. The number of guanidine groups is 1. The van der Waals surface area contributed by atoms with Gasteiger partial charge in [-0.05, 0) is 44.1 Å². The van der Waals surface area contributed by atoms with Crippen molar-refractivity contribution in [1.29, 1.82) is 0 Å². The molecule has 2 fully saturated rings. The highest BCUT2D eigenvalue weighted by atomic mass is 32.1. The fraction of sp³-hybridized carbons (Fsp3) is 0.462. The number of thiazole rings is 1. The molecule has 3 heterocycles. The molecular formula is C26H33N7O4S. The highest BCUT2D eigenvalue weighted by molar-refractivity contribution is 7.11. The summed E-state index contributed by atoms with van der Waals surface area (Å²) in [5.41, 5.74) is 11.9. The third-order valence-electron chi connectivity index (χ3n) is 6.86. The minimum atomic E-state index is -0.841. The van der Waals surface area contributed by atoms with E-state index in [-0.39, 0.29) is 35.1 Å². The number of aryl methyl sites for hydroxylation is 1. The normalized spacial score (nSPS) is 19.7. The number of ketones is 1. The predicted octanol–water partition coefficient (Wildman–Crippen LogP) is 0.699. The number of aromatic nitrogens is 1. The van der Waals surface area contributed by atoms with E-state index >= 15 is 0 Å². The quantitative estimate of drug-likeness (QED) is 0.155. The van der Waals surface area contributed by atoms with Crippen molar-refractivity contribution in [3.05, 3.63) is 52.5 Å². The van der Waals surface area contributed by atoms with Crippen LogP contribution in [-0.4, -0.2) is 82.0 Å². The number of carbonyl (C=O) groups excluding carboxylic acids is 4. The third-order valence-corrected chi connectivity index (χ3v) is 7.64. The van der Waals surface area contributed by atoms with Crippen LogP contribution in [0.5, 0.6) is 0 Å². The monoisotopic (exact) mass is 539 g/mol. The molecule has 0 aliphatic carbocycles. The molecule has 1 aromatic carbocycles. The van der Waals surface area contributed by atoms with Crippen LogP contribution in [-0.2, 0) is 20.8 Å². The number of hydrogen-bond donors (Lipinski definition) is 3. The third kappa shape index (κ3) is 6.55. The maximum atomic E-state index is 13.3. The summed E-state index contributed by atoms with van der Waals surface area (Å²) in [6, 6.07) is 7.70. The predicted molar refractivity (Wildman–Crippen MR) is 143 cm³/mol. The van der Waals surface area contributed by atoms with E-state index in [1.807, 2.05) is 30.3 Å². The molecule has 0 radical (unpaired) electrons. The molecule has 2 saturated heterocycles. The first-order valence-corrected chi connectivity index (χ1v) is 13.7. The van der Waals surface area contributed by atoms with Crippen molar-refractivity contribution in [3.8, 4) is 0 Å². The summed E-state index contributed by atoms with van der Waals surface area (Å²) >= 11 is 1.19. The van der Waals surface area contributed by atoms with Gasteiger partial charge in [-0.25, -0.2) is 4.98 Å². The van der Waals surface area contributed by atoms with Gasteiger partial charge in [0.1, 0.15) is 12.1 Å². The van der Waals surface area contributed by atoms with Crippen molar-refractivity contribution in [2.75, 3.05) is 19.6 Å². The van der Waals surface area contributed by atoms with Gasteiger partial charge in [0.05, 0.1) is 12.6 Å². The zero-order valence-electron chi connectivity index (χ0n) is 21.1. The first-order valence-electron chi connectivity index (χ1n) is 12.8. The van der Waals surface area contributed by atoms with Gasteiger partial charge in [-0.15, -0.1) is 11.3 Å². The standard InChI is InChI=1S/C26H33N7O4S/c27-26(28)30-12-4-9-18(22(35)24-29-13-15-38-24)31-23(36)19-10-11-20-25(37)32(16-21(34)33(19)20)14-5-8-17-6-2-1-3-7-17/h1-3,6-7,13,15,18-20H,4-5,8-12,14,16H2,(H,31,36)(H4,27,28,30)/t18?,19-,20-/m1/s1. The Labute approximate surface area is 225 Å². The van der Waals surface area contributed by atoms with E-state index in [0.29, 0.717) is 38.8 Å². The lowest BCUT2D eigenvalue weighted by Gasteiger charge is -2.38. The Morgan fingerprint density at radius 2 is 1.95 bits per heavy atom. The number of fused-ring (bicyclic) bond motifs is 1. The van der Waals surface area contributed by atoms with E-state index in [4.69, 9.17) is 11.5 Å². The van der Waals surface area contributed by atoms with Crippen LogP contribution < -0.4 is 16.8 Å². The minimum Gasteiger partial charge on any atom is -0.370 e. The summed E-state index contributed by atoms with van der Waals surface area (Å²) in [7, 11) is 0. The van der Waals surface area contributed by atoms with Crippen LogP contribution in [0.25, 0.3) is 0 Å². The van der Waals surface area contributed by atoms with E-state index in [1.54, 1.807) is 10.3 Å². The average Bonchev–Trinajstić information content (AvgIpc) is 3.60. The summed E-state index contributed by atoms with van der Waals surface area (Å²) in [5.74, 6) is -1.17. The summed E-state index contributed by atoms with van der Waals surface area (Å²) < 4.78 is 0. The summed E-state index contributed by atoms with van der Waals surface area (Å²) in [5, 5.41) is 4.80. The Morgan fingerprint density at radius 3 is 2.66 bits per heavy atom. The van der Waals surface area contributed by atoms with E-state index in [9.17, 15) is 19.2 Å². The Morgan fingerprint density at radius 1 is 1.16 bits per heavy atom. The number of nitrogens with one attached hydrogen (secondary N) is 1. The largest absolute Gasteiger partial charge is 0.370 e. The highest BCUT2D eigenvalue weighted by Crippen LogP contribution is 2.30. The molecule has 2 aromatic rings. The van der Waals surface area contributed by atoms with Crippen molar-refractivity contribution in [2.24, 2.45) is 16.5 Å². The smallest absolute Gasteiger partial charge is 0.245 e. The molecule has 3 amide bonds. The molecule has 2 aliphatic rings. The Balaban J connectivity index is 1.37. The number of hydrogen-bond acceptors (Lipinski definition) is 7. The summed E-state index contributed by atoms with van der Waals surface area (Å²) in [4.78, 5) is 63.7. The second-order valence-electron chi connectivity index (χ2n) is 9.47. The molecule has 4 rings (SSSR count). The number of aliphatic imine (C=N–C) groups is 1. The number of nitrogens with zero attached hydrogens (tertiary/aromatic N) is 4. The maximum Gasteiger partial charge on any atom is 0.245 e. The number of nitrogens with two attached hydrogens (primary N) is 2. The molecule has 3 atom stereocenters. The van der Waals surface area contributed by atoms with Gasteiger partial charge in [0.25, 0.3) is 0 Å². The number of rotatable bonds is 12. The molecule has 202 valence electrons. The number of benzene rings is 1. The van der Waals surface area contributed by atoms with Crippen LogP contribution in [0.4, 0.5) is 0 Å². The van der Waals surface area contributed by atoms with Gasteiger partial charge in [0.15, 0.2) is 11.0 Å². The minimum absolute atomic E-state index is 0.0452. The second kappa shape index (κ2) is 12.6. The van der Waals surface area contributed by atoms with Gasteiger partial charge in [0, 0.05) is 24.7 Å². The van der Waals surface area contributed by atoms with Crippen LogP contribution in [0.2, 0.25) is 0 Å². The van der Waals surface area contributed by atoms with Crippen LogP contribution in [0.1, 0.15) is 47.5 Å². The highest BCUT2D eigenvalue weighted by Gasteiger charge is 2.49. The van der Waals surface area contributed by atoms with E-state index in [2.05, 4.69) is 15.3 Å². The van der Waals surface area contributed by atoms with Crippen molar-refractivity contribution in [2.45, 2.75) is 56.7 Å². The van der Waals surface area contributed by atoms with Gasteiger partial charge >= 0.3 is 0 Å². The lowest BCUT2D eigenvalue weighted by Crippen LogP contribution is -2.62. The lowest BCUT2D eigenvalue weighted by molar-refractivity contribution is -0.157. The van der Waals surface area contributed by atoms with Gasteiger partial charge in [-0.1, -0.05) is 30.3 Å². The van der Waals surface area contributed by atoms with E-state index in [0.717, 1.165) is 12.8 Å². The fourth-order valence-electron chi connectivity index (χ4n) is 5.03. The molecular weight excluding hydrogens is 506 g/mol. The van der Waals surface area contributed by atoms with Crippen molar-refractivity contribution < 1.29 is 19.2 Å². The topological polar surface area (TPSA) is 164 Å². The zero-order chi connectivity index (χ0) is 27.1. The van der Waals surface area contributed by atoms with Crippen LogP contribution in [0.15, 0.2) is 46.9 Å². The van der Waals surface area contributed by atoms with Crippen molar-refractivity contribution in [3.63, 3.8) is 0 Å². The molecule has 0 bridgehead atoms. The maximum absolute atomic E-state index is 13.3. The number of piperazine rings is 1. The molecule has 11 nitrogen and oxygen atoms in total. The molecule has 2 aliphatic heterocycles. The fourth-order valence-corrected chi connectivity index (χ4v) is 5.67. The average molecular weight is 540 g/mol. The molecule has 5 N–H and O–H groups in total. The van der Waals surface area contributed by atoms with Crippen molar-refractivity contribution in [1.82, 2.24) is 20.1 Å². The Bertz CT molecular complexity index is 1170. The first kappa shape index (κ1) is 27.2. The van der Waals surface area contributed by atoms with E-state index in [1.165, 1.54) is 28.0 Å². The van der Waals surface area contributed by atoms with E-state index < -0.39 is 24.0 Å². The summed E-state index contributed by atoms with van der Waals surface area (Å²) in [6.07, 6.45) is 4.63. The zero-order valence-corrected chi connectivity index (χ0v) is 21.9. The van der Waals surface area contributed by atoms with Crippen LogP contribution in [0.3, 0.4) is 0 Å². The van der Waals surface area contributed by atoms with Gasteiger partial charge in [-0.2, -0.15) is 0 Å². The first-order chi connectivity index (χ1) is 18.3. The molecule has 0 saturated carbocycles. The Kier molecular flexibility index (Phi) is 9.06. The molecule has 38 heavy (non-hydrogen) atoms. The SMILES string of the molecule is NC(N)=NCCCC(NC(=O)[C@H]1CC[C@@H]2C(=O)N(CCCc3ccccc3)CC(=O)N12)C(=O)c1nccs1. The van der Waals surface area contributed by atoms with Gasteiger partial charge in [0.2, 0.25) is 23.5 Å². The molecule has 0 spiro atoms. The molecule has 1 aromatic heterocycles. The van der Waals surface area contributed by atoms with Gasteiger partial charge in [-0.3, -0.25) is 24.2 Å². The van der Waals surface area contributed by atoms with Crippen LogP contribution in [0, 0.1) is 0 Å². The van der Waals surface area contributed by atoms with Crippen LogP contribution >= 0.6 is 11.3 Å². The Hall–Kier alpha value is -3.80. The number of amides is 3. The number of Topliss-reactive ketones (excluding diaryl/α,β-unsaturated/α-hetero) is 1. The number of carbonyl (C=O) groups is 4. The van der Waals surface area contributed by atoms with Crippen molar-refractivity contribution >= 4 is 40.8 Å². The second-order valence-corrected chi connectivity index (χ2v) is 10.4. The van der Waals surface area contributed by atoms with Gasteiger partial charge < -0.3 is 26.6 Å². The lowest BCUT2D eigenvalue weighted by atomic mass is 10.1. The summed E-state index contributed by atoms with van der Waals surface area (Å²) in [6.45, 7) is 0.749. The molecule has 1 unspecified atom stereocenters.